The first-order chi connectivity index (χ1) is 15.2. The Morgan fingerprint density at radius 2 is 2.06 bits per heavy atom. The van der Waals surface area contributed by atoms with Crippen molar-refractivity contribution in [1.82, 2.24) is 0 Å². The molecule has 1 saturated heterocycles. The molecule has 32 heavy (non-hydrogen) atoms. The van der Waals surface area contributed by atoms with E-state index < -0.39 is 5.60 Å². The van der Waals surface area contributed by atoms with Crippen LogP contribution in [-0.4, -0.2) is 49.0 Å². The van der Waals surface area contributed by atoms with Crippen molar-refractivity contribution in [3.63, 3.8) is 0 Å². The molecule has 2 aliphatic rings. The quantitative estimate of drug-likeness (QED) is 0.520. The third-order valence-corrected chi connectivity index (χ3v) is 7.55. The minimum absolute atomic E-state index is 0.173. The molecule has 1 amide bonds. The number of alkyl carbamates (subject to hydrolysis) is 2. The molecule has 1 aromatic heterocycles. The van der Waals surface area contributed by atoms with Gasteiger partial charge in [-0.2, -0.15) is 4.79 Å². The fraction of sp³-hybridized carbons (Fsp3) is 0.478. The van der Waals surface area contributed by atoms with Crippen LogP contribution in [0.15, 0.2) is 39.5 Å². The number of aliphatic imine (C=N–C) groups is 1. The van der Waals surface area contributed by atoms with Gasteiger partial charge in [-0.15, -0.1) is 23.1 Å². The number of amides is 1. The van der Waals surface area contributed by atoms with Crippen LogP contribution in [0.2, 0.25) is 0 Å². The number of ether oxygens (including phenoxy) is 1. The predicted molar refractivity (Wildman–Crippen MR) is 129 cm³/mol. The van der Waals surface area contributed by atoms with E-state index in [2.05, 4.69) is 9.89 Å². The summed E-state index contributed by atoms with van der Waals surface area (Å²) < 4.78 is 20.3. The van der Waals surface area contributed by atoms with Crippen molar-refractivity contribution < 1.29 is 18.8 Å². The summed E-state index contributed by atoms with van der Waals surface area (Å²) in [6, 6.07) is 7.48. The topological polar surface area (TPSA) is 72.4 Å². The van der Waals surface area contributed by atoms with Crippen LogP contribution < -0.4 is 15.5 Å². The van der Waals surface area contributed by atoms with E-state index >= 15 is 0 Å². The van der Waals surface area contributed by atoms with Crippen molar-refractivity contribution in [2.24, 2.45) is 10.7 Å². The first kappa shape index (κ1) is 23.1. The van der Waals surface area contributed by atoms with Gasteiger partial charge in [0.1, 0.15) is 22.9 Å². The van der Waals surface area contributed by atoms with Gasteiger partial charge in [-0.05, 0) is 44.4 Å². The van der Waals surface area contributed by atoms with Gasteiger partial charge >= 0.3 is 6.09 Å². The van der Waals surface area contributed by atoms with Crippen molar-refractivity contribution in [2.75, 3.05) is 30.3 Å². The van der Waals surface area contributed by atoms with Gasteiger partial charge in [-0.25, -0.2) is 14.3 Å². The maximum atomic E-state index is 14.8. The molecule has 0 aliphatic carbocycles. The first-order valence-corrected chi connectivity index (χ1v) is 12.8. The summed E-state index contributed by atoms with van der Waals surface area (Å²) in [6.45, 7) is 8.03. The van der Waals surface area contributed by atoms with E-state index in [1.807, 2.05) is 44.4 Å². The molecule has 0 bridgehead atoms. The third kappa shape index (κ3) is 5.27. The number of hydrogen-bond donors (Lipinski definition) is 2. The lowest BCUT2D eigenvalue weighted by atomic mass is 10.0. The summed E-state index contributed by atoms with van der Waals surface area (Å²) in [5.74, 6) is 0.871. The average molecular weight is 478 g/mol. The number of carbonyl (C=O) groups excluding carboxylic acids is 1. The fourth-order valence-electron chi connectivity index (χ4n) is 4.14. The number of hydrogen-bond acceptors (Lipinski definition) is 6. The van der Waals surface area contributed by atoms with Crippen LogP contribution in [0.25, 0.3) is 0 Å². The average Bonchev–Trinajstić information content (AvgIpc) is 3.28. The van der Waals surface area contributed by atoms with Gasteiger partial charge in [0, 0.05) is 36.1 Å². The largest absolute Gasteiger partial charge is 0.514 e. The number of amidine groups is 1. The van der Waals surface area contributed by atoms with E-state index in [0.29, 0.717) is 11.9 Å². The summed E-state index contributed by atoms with van der Waals surface area (Å²) in [6.07, 6.45) is 1.59. The molecule has 9 heteroatoms. The molecule has 1 fully saturated rings. The van der Waals surface area contributed by atoms with Crippen LogP contribution in [0.5, 0.6) is 0 Å². The zero-order chi connectivity index (χ0) is 22.9. The Kier molecular flexibility index (Phi) is 6.78. The Balaban J connectivity index is 1.51. The normalized spacial score (nSPS) is 21.9. The lowest BCUT2D eigenvalue weighted by molar-refractivity contribution is -0.830. The van der Waals surface area contributed by atoms with E-state index in [9.17, 15) is 9.18 Å². The van der Waals surface area contributed by atoms with Gasteiger partial charge < -0.3 is 15.4 Å². The van der Waals surface area contributed by atoms with Crippen LogP contribution >= 0.6 is 23.1 Å². The molecule has 1 aromatic carbocycles. The van der Waals surface area contributed by atoms with Crippen molar-refractivity contribution in [2.45, 2.75) is 50.2 Å². The molecule has 172 valence electrons. The second kappa shape index (κ2) is 9.41. The van der Waals surface area contributed by atoms with Crippen LogP contribution in [0.1, 0.15) is 38.5 Å². The minimum Gasteiger partial charge on any atom is -0.414 e. The van der Waals surface area contributed by atoms with E-state index in [0.717, 1.165) is 58.6 Å². The monoisotopic (exact) mass is 477 g/mol. The number of quaternary nitrogens is 1. The van der Waals surface area contributed by atoms with Gasteiger partial charge in [-0.3, -0.25) is 0 Å². The number of nitrogens with two attached hydrogens (primary N) is 1. The number of nitrogens with zero attached hydrogens (tertiary/aromatic N) is 2. The zero-order valence-electron chi connectivity index (χ0n) is 18.7. The highest BCUT2D eigenvalue weighted by atomic mass is 32.2. The van der Waals surface area contributed by atoms with Gasteiger partial charge in [0.25, 0.3) is 0 Å². The van der Waals surface area contributed by atoms with E-state index in [1.165, 1.54) is 11.3 Å². The van der Waals surface area contributed by atoms with Gasteiger partial charge in [0.2, 0.25) is 0 Å². The molecule has 2 aliphatic heterocycles. The predicted octanol–water partition coefficient (Wildman–Crippen LogP) is 3.82. The summed E-state index contributed by atoms with van der Waals surface area (Å²) in [5, 5.41) is 1.92. The van der Waals surface area contributed by atoms with Crippen LogP contribution in [-0.2, 0) is 4.74 Å². The minimum atomic E-state index is -0.476. The number of thioether (sulfide) groups is 1. The second-order valence-corrected chi connectivity index (χ2v) is 11.2. The van der Waals surface area contributed by atoms with Crippen LogP contribution in [0, 0.1) is 5.82 Å². The number of likely N-dealkylation sites (tertiary alicyclic amines) is 1. The number of halogens is 1. The molecular formula is C23H30FN4O2S2+. The molecule has 0 radical (unpaired) electrons. The highest BCUT2D eigenvalue weighted by molar-refractivity contribution is 7.99. The van der Waals surface area contributed by atoms with Crippen molar-refractivity contribution in [3.05, 3.63) is 40.3 Å². The van der Waals surface area contributed by atoms with E-state index in [1.54, 1.807) is 17.8 Å². The molecular weight excluding hydrogens is 447 g/mol. The number of piperidine rings is 1. The van der Waals surface area contributed by atoms with Crippen LogP contribution in [0.3, 0.4) is 0 Å². The Labute approximate surface area is 196 Å². The number of rotatable bonds is 3. The van der Waals surface area contributed by atoms with Crippen molar-refractivity contribution >= 4 is 46.4 Å². The SMILES string of the molecule is CC(C)(C)OC(=O)[NH+]1CCC(N2CCSc3cc(F)c(N=C(N)c4cccs4)cc32)CC1. The Hall–Kier alpha value is -2.10. The molecule has 3 heterocycles. The van der Waals surface area contributed by atoms with Gasteiger partial charge in [0.05, 0.1) is 23.7 Å². The molecule has 6 nitrogen and oxygen atoms in total. The zero-order valence-corrected chi connectivity index (χ0v) is 20.3. The van der Waals surface area contributed by atoms with Crippen molar-refractivity contribution in [3.8, 4) is 0 Å². The van der Waals surface area contributed by atoms with Crippen LogP contribution in [0.4, 0.5) is 20.6 Å². The number of carbonyl (C=O) groups is 1. The highest BCUT2D eigenvalue weighted by Crippen LogP contribution is 2.40. The molecule has 4 rings (SSSR count). The number of nitrogens with one attached hydrogen (secondary N) is 1. The molecule has 2 aromatic rings. The highest BCUT2D eigenvalue weighted by Gasteiger charge is 2.35. The number of fused-ring (bicyclic) bond motifs is 1. The summed E-state index contributed by atoms with van der Waals surface area (Å²) in [7, 11) is 0. The Morgan fingerprint density at radius 1 is 1.31 bits per heavy atom. The molecule has 0 atom stereocenters. The fourth-order valence-corrected chi connectivity index (χ4v) is 5.78. The number of anilines is 1. The lowest BCUT2D eigenvalue weighted by Crippen LogP contribution is -3.16. The number of thiophene rings is 1. The van der Waals surface area contributed by atoms with E-state index in [-0.39, 0.29) is 17.6 Å². The van der Waals surface area contributed by atoms with Crippen molar-refractivity contribution in [1.29, 1.82) is 0 Å². The molecule has 3 N–H and O–H groups in total. The summed E-state index contributed by atoms with van der Waals surface area (Å²) in [5.41, 5.74) is 6.90. The first-order valence-electron chi connectivity index (χ1n) is 10.9. The summed E-state index contributed by atoms with van der Waals surface area (Å²) in [4.78, 5) is 21.8. The third-order valence-electron chi connectivity index (χ3n) is 5.63. The van der Waals surface area contributed by atoms with Gasteiger partial charge in [-0.1, -0.05) is 6.07 Å². The summed E-state index contributed by atoms with van der Waals surface area (Å²) >= 11 is 3.15. The molecule has 0 spiro atoms. The maximum Gasteiger partial charge on any atom is 0.514 e. The Bertz CT molecular complexity index is 996. The van der Waals surface area contributed by atoms with E-state index in [4.69, 9.17) is 10.5 Å². The second-order valence-electron chi connectivity index (χ2n) is 9.12. The Morgan fingerprint density at radius 3 is 2.72 bits per heavy atom. The number of benzene rings is 1. The molecule has 0 unspecified atom stereocenters. The molecule has 0 saturated carbocycles. The lowest BCUT2D eigenvalue weighted by Gasteiger charge is -2.40. The smallest absolute Gasteiger partial charge is 0.414 e. The standard InChI is InChI=1S/C23H29FN4O2S2/c1-23(2,3)30-22(29)27-8-6-15(7-9-27)28-10-12-32-20-13-16(24)17(14-18(20)28)26-21(25)19-5-4-11-31-19/h4-5,11,13-15H,6-10,12H2,1-3H3,(H2,25,26)/p+1. The van der Waals surface area contributed by atoms with Gasteiger partial charge in [0.15, 0.2) is 0 Å². The maximum absolute atomic E-state index is 14.8.